The Morgan fingerprint density at radius 2 is 1.89 bits per heavy atom. The predicted molar refractivity (Wildman–Crippen MR) is 133 cm³/mol. The van der Waals surface area contributed by atoms with Crippen LogP contribution in [0.15, 0.2) is 52.7 Å². The number of fused-ring (bicyclic) bond motifs is 1. The maximum atomic E-state index is 14.1. The number of allylic oxidation sites excluding steroid dienone is 2. The Labute approximate surface area is 212 Å². The van der Waals surface area contributed by atoms with Gasteiger partial charge in [-0.15, -0.1) is 0 Å². The number of nitrogens with zero attached hydrogens (tertiary/aromatic N) is 1. The van der Waals surface area contributed by atoms with Crippen LogP contribution in [-0.4, -0.2) is 42.8 Å². The van der Waals surface area contributed by atoms with Crippen molar-refractivity contribution in [2.75, 3.05) is 20.8 Å². The van der Waals surface area contributed by atoms with E-state index in [1.807, 2.05) is 13.0 Å². The van der Waals surface area contributed by atoms with E-state index in [1.54, 1.807) is 30.3 Å². The number of rotatable bonds is 10. The first-order valence-corrected chi connectivity index (χ1v) is 11.3. The molecule has 3 aromatic rings. The van der Waals surface area contributed by atoms with Gasteiger partial charge < -0.3 is 29.1 Å². The topological polar surface area (TPSA) is 120 Å². The molecule has 0 saturated carbocycles. The van der Waals surface area contributed by atoms with Gasteiger partial charge in [0.25, 0.3) is 0 Å². The quantitative estimate of drug-likeness (QED) is 0.389. The summed E-state index contributed by atoms with van der Waals surface area (Å²) in [6.45, 7) is 1.52. The molecule has 0 unspecified atom stereocenters. The third-order valence-electron chi connectivity index (χ3n) is 5.81. The highest BCUT2D eigenvalue weighted by Gasteiger charge is 2.27. The number of carboxylic acids is 1. The molecule has 192 valence electrons. The Kier molecular flexibility index (Phi) is 7.57. The van der Waals surface area contributed by atoms with Gasteiger partial charge in [0.2, 0.25) is 17.6 Å². The minimum Gasteiger partial charge on any atom is -0.493 e. The third-order valence-corrected chi connectivity index (χ3v) is 5.81. The van der Waals surface area contributed by atoms with Crippen LogP contribution in [0.2, 0.25) is 0 Å². The summed E-state index contributed by atoms with van der Waals surface area (Å²) in [5.41, 5.74) is 3.86. The fraction of sp³-hybridized carbons (Fsp3) is 0.222. The third kappa shape index (κ3) is 5.64. The average molecular weight is 509 g/mol. The minimum absolute atomic E-state index is 0.00193. The van der Waals surface area contributed by atoms with Crippen molar-refractivity contribution in [3.63, 3.8) is 0 Å². The molecule has 2 N–H and O–H groups in total. The van der Waals surface area contributed by atoms with Crippen molar-refractivity contribution in [1.82, 2.24) is 10.3 Å². The molecular weight excluding hydrogens is 483 g/mol. The van der Waals surface area contributed by atoms with Gasteiger partial charge in [0.05, 0.1) is 39.1 Å². The van der Waals surface area contributed by atoms with Crippen molar-refractivity contribution in [2.24, 2.45) is 0 Å². The molecule has 1 aromatic carbocycles. The second kappa shape index (κ2) is 11.0. The molecule has 0 spiro atoms. The number of carboxylic acid groups (broad SMARTS) is 1. The highest BCUT2D eigenvalue weighted by Crippen LogP contribution is 2.44. The van der Waals surface area contributed by atoms with Crippen LogP contribution in [-0.2, 0) is 16.1 Å². The van der Waals surface area contributed by atoms with E-state index in [9.17, 15) is 14.0 Å². The number of nitrogens with one attached hydrogen (secondary N) is 1. The maximum Gasteiger partial charge on any atom is 0.341 e. The Morgan fingerprint density at radius 3 is 2.51 bits per heavy atom. The number of hydrogen-bond acceptors (Lipinski definition) is 7. The molecule has 37 heavy (non-hydrogen) atoms. The van der Waals surface area contributed by atoms with Crippen molar-refractivity contribution in [3.05, 3.63) is 76.8 Å². The van der Waals surface area contributed by atoms with Gasteiger partial charge in [-0.1, -0.05) is 0 Å². The fourth-order valence-electron chi connectivity index (χ4n) is 4.08. The monoisotopic (exact) mass is 508 g/mol. The fourth-order valence-corrected chi connectivity index (χ4v) is 4.08. The van der Waals surface area contributed by atoms with E-state index in [1.165, 1.54) is 26.5 Å². The smallest absolute Gasteiger partial charge is 0.341 e. The van der Waals surface area contributed by atoms with Crippen LogP contribution in [0.1, 0.15) is 35.9 Å². The number of carbonyl (C=O) groups is 2. The number of benzene rings is 1. The first kappa shape index (κ1) is 25.5. The number of carbonyl (C=O) groups excluding carboxylic acids is 1. The molecule has 0 radical (unpaired) electrons. The van der Waals surface area contributed by atoms with Gasteiger partial charge in [-0.2, -0.15) is 4.39 Å². The summed E-state index contributed by atoms with van der Waals surface area (Å²) >= 11 is 0. The van der Waals surface area contributed by atoms with E-state index in [-0.39, 0.29) is 36.1 Å². The number of ether oxygens (including phenoxy) is 3. The summed E-state index contributed by atoms with van der Waals surface area (Å²) in [5, 5.41) is 11.8. The zero-order chi connectivity index (χ0) is 26.5. The van der Waals surface area contributed by atoms with E-state index in [4.69, 9.17) is 23.7 Å². The second-order valence-electron chi connectivity index (χ2n) is 8.16. The van der Waals surface area contributed by atoms with Gasteiger partial charge >= 0.3 is 5.97 Å². The highest BCUT2D eigenvalue weighted by atomic mass is 19.1. The summed E-state index contributed by atoms with van der Waals surface area (Å²) < 4.78 is 35.5. The number of halogens is 1. The largest absolute Gasteiger partial charge is 0.493 e. The van der Waals surface area contributed by atoms with Crippen LogP contribution in [0, 0.1) is 5.95 Å². The molecule has 2 heterocycles. The lowest BCUT2D eigenvalue weighted by molar-refractivity contribution is -0.139. The zero-order valence-corrected chi connectivity index (χ0v) is 20.5. The van der Waals surface area contributed by atoms with Crippen molar-refractivity contribution in [1.29, 1.82) is 0 Å². The number of aliphatic carboxylic acids is 1. The number of hydrogen-bond donors (Lipinski definition) is 2. The predicted octanol–water partition coefficient (Wildman–Crippen LogP) is 4.33. The first-order chi connectivity index (χ1) is 17.8. The lowest BCUT2D eigenvalue weighted by Gasteiger charge is -2.15. The van der Waals surface area contributed by atoms with Crippen LogP contribution in [0.3, 0.4) is 0 Å². The molecule has 4 rings (SSSR count). The van der Waals surface area contributed by atoms with E-state index in [0.29, 0.717) is 28.2 Å². The highest BCUT2D eigenvalue weighted by molar-refractivity contribution is 6.07. The Hall–Kier alpha value is -4.60. The van der Waals surface area contributed by atoms with E-state index in [2.05, 4.69) is 10.3 Å². The van der Waals surface area contributed by atoms with Crippen molar-refractivity contribution < 1.29 is 37.7 Å². The van der Waals surface area contributed by atoms with Crippen LogP contribution < -0.4 is 19.5 Å². The van der Waals surface area contributed by atoms with Crippen LogP contribution >= 0.6 is 0 Å². The Balaban J connectivity index is 1.69. The van der Waals surface area contributed by atoms with Gasteiger partial charge in [-0.25, -0.2) is 9.78 Å². The standard InChI is InChI=1S/C27H25FN2O7/c1-15-19(9-16-10-21(34-2)27(22(11-16)35-3)37-14-25(32)33)18-6-7-23(28)30-26(18)20(15)12-24(31)29-13-17-5-4-8-36-17/h4-11H,12-14H2,1-3H3,(H,29,31)(H,32,33)/b19-9-. The minimum atomic E-state index is -1.14. The summed E-state index contributed by atoms with van der Waals surface area (Å²) in [6, 6.07) is 9.73. The van der Waals surface area contributed by atoms with Crippen LogP contribution in [0.25, 0.3) is 17.2 Å². The number of pyridine rings is 1. The van der Waals surface area contributed by atoms with Crippen LogP contribution in [0.4, 0.5) is 4.39 Å². The molecule has 10 heteroatoms. The molecule has 9 nitrogen and oxygen atoms in total. The van der Waals surface area contributed by atoms with Crippen LogP contribution in [0.5, 0.6) is 17.2 Å². The number of furan rings is 1. The number of methoxy groups -OCH3 is 2. The lowest BCUT2D eigenvalue weighted by Crippen LogP contribution is -2.22. The molecular formula is C27H25FN2O7. The summed E-state index contributed by atoms with van der Waals surface area (Å²) in [4.78, 5) is 27.7. The van der Waals surface area contributed by atoms with Gasteiger partial charge in [0, 0.05) is 5.56 Å². The van der Waals surface area contributed by atoms with Gasteiger partial charge in [-0.05, 0) is 71.7 Å². The lowest BCUT2D eigenvalue weighted by atomic mass is 10.0. The summed E-state index contributed by atoms with van der Waals surface area (Å²) in [5.74, 6) is -0.708. The van der Waals surface area contributed by atoms with Gasteiger partial charge in [-0.3, -0.25) is 4.79 Å². The zero-order valence-electron chi connectivity index (χ0n) is 20.5. The van der Waals surface area contributed by atoms with Gasteiger partial charge in [0.15, 0.2) is 18.1 Å². The number of amides is 1. The Bertz CT molecular complexity index is 1370. The molecule has 0 atom stereocenters. The normalized spacial score (nSPS) is 13.5. The van der Waals surface area contributed by atoms with Gasteiger partial charge in [0.1, 0.15) is 5.76 Å². The average Bonchev–Trinajstić information content (AvgIpc) is 3.48. The molecule has 1 amide bonds. The summed E-state index contributed by atoms with van der Waals surface area (Å²) in [7, 11) is 2.86. The molecule has 1 aliphatic carbocycles. The van der Waals surface area contributed by atoms with E-state index >= 15 is 0 Å². The van der Waals surface area contributed by atoms with E-state index in [0.717, 1.165) is 11.1 Å². The molecule has 0 aliphatic heterocycles. The SMILES string of the molecule is COc1cc(/C=C2/C(C)=C(CC(=O)NCc3ccco3)c3nc(F)ccc32)cc(OC)c1OCC(=O)O. The molecule has 0 fully saturated rings. The molecule has 0 bridgehead atoms. The molecule has 2 aromatic heterocycles. The van der Waals surface area contributed by atoms with E-state index < -0.39 is 18.5 Å². The summed E-state index contributed by atoms with van der Waals surface area (Å²) in [6.07, 6.45) is 3.37. The molecule has 1 aliphatic rings. The molecule has 0 saturated heterocycles. The maximum absolute atomic E-state index is 14.1. The van der Waals surface area contributed by atoms with Crippen molar-refractivity contribution in [2.45, 2.75) is 19.9 Å². The Morgan fingerprint density at radius 1 is 1.16 bits per heavy atom. The second-order valence-corrected chi connectivity index (χ2v) is 8.16. The number of aromatic nitrogens is 1. The van der Waals surface area contributed by atoms with Crippen molar-refractivity contribution in [3.8, 4) is 17.2 Å². The van der Waals surface area contributed by atoms with Crippen molar-refractivity contribution >= 4 is 29.1 Å². The first-order valence-electron chi connectivity index (χ1n) is 11.3.